The normalized spacial score (nSPS) is 18.6. The van der Waals surface area contributed by atoms with E-state index < -0.39 is 17.9 Å². The van der Waals surface area contributed by atoms with Crippen LogP contribution in [0.3, 0.4) is 0 Å². The van der Waals surface area contributed by atoms with Gasteiger partial charge in [-0.3, -0.25) is 29.3 Å². The Hall–Kier alpha value is -6.92. The van der Waals surface area contributed by atoms with Crippen molar-refractivity contribution in [2.24, 2.45) is 11.7 Å². The molecule has 0 bridgehead atoms. The van der Waals surface area contributed by atoms with Gasteiger partial charge in [-0.15, -0.1) is 5.10 Å². The van der Waals surface area contributed by atoms with Crippen molar-refractivity contribution in [3.63, 3.8) is 0 Å². The first kappa shape index (κ1) is 43.3. The molecule has 9 rings (SSSR count). The predicted octanol–water partition coefficient (Wildman–Crippen LogP) is 4.37. The molecule has 18 heteroatoms. The molecule has 2 fully saturated rings. The maximum Gasteiger partial charge on any atom is 0.276 e. The van der Waals surface area contributed by atoms with E-state index in [2.05, 4.69) is 20.9 Å². The molecule has 4 aliphatic rings. The van der Waals surface area contributed by atoms with E-state index in [9.17, 15) is 24.0 Å². The van der Waals surface area contributed by atoms with E-state index in [1.54, 1.807) is 21.8 Å². The lowest BCUT2D eigenvalue weighted by Crippen LogP contribution is -2.52. The number of hydrogen-bond donors (Lipinski definition) is 3. The van der Waals surface area contributed by atoms with E-state index >= 15 is 0 Å². The zero-order chi connectivity index (χ0) is 44.9. The van der Waals surface area contributed by atoms with Crippen LogP contribution >= 0.6 is 0 Å². The third kappa shape index (κ3) is 9.49. The Labute approximate surface area is 375 Å². The number of piperidine rings is 2. The van der Waals surface area contributed by atoms with Crippen LogP contribution in [0.1, 0.15) is 86.9 Å². The standard InChI is InChI=1S/C47H52N10O8/c48-43(59)41-42(32-11-13-34(14-12-32)65-33-8-2-1-3-9-33)52-57-38(17-20-49-44(41)57)31-18-21-54(22-19-31)47(62)37-29-55(53-51-37)23-25-64-27-26-63-24-5-7-30-6-4-10-35-36(30)28-56(46(35)61)39-15-16-40(58)50-45(39)60/h1-4,6,8-14,29,31,38-39,49H,5,7,15-28H2,(H2,48,59)(H,50,58,60)/t38-,39?/m0/s1. The molecule has 0 aliphatic carbocycles. The van der Waals surface area contributed by atoms with Gasteiger partial charge in [0.05, 0.1) is 38.6 Å². The molecule has 1 unspecified atom stereocenters. The highest BCUT2D eigenvalue weighted by Crippen LogP contribution is 2.40. The number of rotatable bonds is 17. The summed E-state index contributed by atoms with van der Waals surface area (Å²) in [6.45, 7) is 4.29. The average Bonchev–Trinajstić information content (AvgIpc) is 4.05. The highest BCUT2D eigenvalue weighted by molar-refractivity contribution is 6.06. The molecular formula is C47H52N10O8. The predicted molar refractivity (Wildman–Crippen MR) is 236 cm³/mol. The highest BCUT2D eigenvalue weighted by atomic mass is 16.5. The van der Waals surface area contributed by atoms with Crippen molar-refractivity contribution in [1.29, 1.82) is 0 Å². The van der Waals surface area contributed by atoms with E-state index in [0.29, 0.717) is 94.0 Å². The van der Waals surface area contributed by atoms with Crippen molar-refractivity contribution >= 4 is 35.4 Å². The van der Waals surface area contributed by atoms with E-state index in [1.807, 2.05) is 76.3 Å². The van der Waals surface area contributed by atoms with Gasteiger partial charge in [0.25, 0.3) is 17.7 Å². The number of ether oxygens (including phenoxy) is 3. The number of aryl methyl sites for hydroxylation is 1. The average molecular weight is 885 g/mol. The summed E-state index contributed by atoms with van der Waals surface area (Å²) in [5, 5.41) is 19.0. The topological polar surface area (TPSA) is 218 Å². The number of benzene rings is 3. The van der Waals surface area contributed by atoms with Crippen LogP contribution in [0, 0.1) is 5.92 Å². The first-order valence-corrected chi connectivity index (χ1v) is 22.3. The second-order valence-corrected chi connectivity index (χ2v) is 16.8. The van der Waals surface area contributed by atoms with Gasteiger partial charge < -0.3 is 35.1 Å². The summed E-state index contributed by atoms with van der Waals surface area (Å²) >= 11 is 0. The number of nitrogens with one attached hydrogen (secondary N) is 2. The molecule has 4 aliphatic heterocycles. The summed E-state index contributed by atoms with van der Waals surface area (Å²) in [6.07, 6.45) is 6.05. The Morgan fingerprint density at radius 3 is 2.38 bits per heavy atom. The molecule has 65 heavy (non-hydrogen) atoms. The van der Waals surface area contributed by atoms with Gasteiger partial charge in [0.1, 0.15) is 34.6 Å². The van der Waals surface area contributed by atoms with Gasteiger partial charge in [-0.05, 0) is 98.0 Å². The SMILES string of the molecule is NC(=O)c1c(-c2ccc(Oc3ccccc3)cc2)nn2c1NCC[C@H]2C1CCN(C(=O)c2cn(CCOCCOCCCc3cccc4c3CN(C3CCC(=O)NC3=O)C4=O)nn2)CC1. The lowest BCUT2D eigenvalue weighted by molar-refractivity contribution is -0.136. The van der Waals surface area contributed by atoms with Crippen LogP contribution in [0.15, 0.2) is 79.0 Å². The molecule has 2 atom stereocenters. The molecule has 5 aromatic rings. The van der Waals surface area contributed by atoms with E-state index in [4.69, 9.17) is 25.0 Å². The zero-order valence-corrected chi connectivity index (χ0v) is 36.0. The first-order chi connectivity index (χ1) is 31.7. The number of carbonyl (C=O) groups excluding carboxylic acids is 5. The summed E-state index contributed by atoms with van der Waals surface area (Å²) < 4.78 is 21.1. The van der Waals surface area contributed by atoms with Gasteiger partial charge in [0.2, 0.25) is 11.8 Å². The number of hydrogen-bond acceptors (Lipinski definition) is 12. The molecule has 18 nitrogen and oxygen atoms in total. The van der Waals surface area contributed by atoms with E-state index in [-0.39, 0.29) is 41.8 Å². The van der Waals surface area contributed by atoms with Crippen LogP contribution in [0.25, 0.3) is 11.3 Å². The highest BCUT2D eigenvalue weighted by Gasteiger charge is 2.40. The van der Waals surface area contributed by atoms with Gasteiger partial charge >= 0.3 is 0 Å². The summed E-state index contributed by atoms with van der Waals surface area (Å²) in [4.78, 5) is 66.9. The Balaban J connectivity index is 0.694. The Morgan fingerprint density at radius 2 is 1.62 bits per heavy atom. The van der Waals surface area contributed by atoms with Gasteiger partial charge in [0.15, 0.2) is 5.69 Å². The Morgan fingerprint density at radius 1 is 0.846 bits per heavy atom. The van der Waals surface area contributed by atoms with Crippen LogP contribution in [0.2, 0.25) is 0 Å². The summed E-state index contributed by atoms with van der Waals surface area (Å²) in [5.74, 6) is 0.659. The van der Waals surface area contributed by atoms with E-state index in [0.717, 1.165) is 54.5 Å². The van der Waals surface area contributed by atoms with Crippen molar-refractivity contribution in [2.75, 3.05) is 51.4 Å². The number of para-hydroxylation sites is 1. The molecule has 3 aromatic carbocycles. The minimum Gasteiger partial charge on any atom is -0.457 e. The minimum absolute atomic E-state index is 0.0344. The summed E-state index contributed by atoms with van der Waals surface area (Å²) in [6, 6.07) is 22.0. The number of primary amides is 1. The molecule has 0 spiro atoms. The fraction of sp³-hybridized carbons (Fsp3) is 0.404. The molecule has 0 saturated carbocycles. The molecule has 2 saturated heterocycles. The van der Waals surface area contributed by atoms with Crippen LogP contribution < -0.4 is 21.1 Å². The number of fused-ring (bicyclic) bond motifs is 2. The lowest BCUT2D eigenvalue weighted by Gasteiger charge is -2.38. The monoisotopic (exact) mass is 884 g/mol. The maximum absolute atomic E-state index is 13.5. The van der Waals surface area contributed by atoms with Gasteiger partial charge in [-0.1, -0.05) is 35.5 Å². The molecule has 4 N–H and O–H groups in total. The quantitative estimate of drug-likeness (QED) is 0.0877. The minimum atomic E-state index is -0.637. The Kier molecular flexibility index (Phi) is 13.0. The molecule has 0 radical (unpaired) electrons. The maximum atomic E-state index is 13.5. The molecule has 5 amide bonds. The fourth-order valence-corrected chi connectivity index (χ4v) is 9.36. The largest absolute Gasteiger partial charge is 0.457 e. The van der Waals surface area contributed by atoms with Gasteiger partial charge in [0, 0.05) is 50.3 Å². The van der Waals surface area contributed by atoms with Crippen LogP contribution in [0.5, 0.6) is 11.5 Å². The smallest absolute Gasteiger partial charge is 0.276 e. The number of nitrogens with zero attached hydrogens (tertiary/aromatic N) is 7. The number of likely N-dealkylation sites (tertiary alicyclic amines) is 1. The zero-order valence-electron chi connectivity index (χ0n) is 36.0. The van der Waals surface area contributed by atoms with E-state index in [1.165, 1.54) is 0 Å². The number of imide groups is 1. The van der Waals surface area contributed by atoms with Crippen LogP contribution in [-0.2, 0) is 38.6 Å². The summed E-state index contributed by atoms with van der Waals surface area (Å²) in [7, 11) is 0. The van der Waals surface area contributed by atoms with Crippen molar-refractivity contribution in [3.8, 4) is 22.8 Å². The fourth-order valence-electron chi connectivity index (χ4n) is 9.36. The number of aromatic nitrogens is 5. The second kappa shape index (κ2) is 19.4. The van der Waals surface area contributed by atoms with Gasteiger partial charge in [-0.2, -0.15) is 5.10 Å². The number of amides is 5. The lowest BCUT2D eigenvalue weighted by atomic mass is 9.86. The molecule has 2 aromatic heterocycles. The number of carbonyl (C=O) groups is 5. The van der Waals surface area contributed by atoms with Crippen LogP contribution in [-0.4, -0.2) is 116 Å². The van der Waals surface area contributed by atoms with Crippen molar-refractivity contribution in [3.05, 3.63) is 107 Å². The second-order valence-electron chi connectivity index (χ2n) is 16.8. The first-order valence-electron chi connectivity index (χ1n) is 22.3. The van der Waals surface area contributed by atoms with Crippen molar-refractivity contribution < 1.29 is 38.2 Å². The van der Waals surface area contributed by atoms with Crippen molar-refractivity contribution in [2.45, 2.75) is 70.1 Å². The molecular weight excluding hydrogens is 833 g/mol. The van der Waals surface area contributed by atoms with Gasteiger partial charge in [-0.25, -0.2) is 9.36 Å². The van der Waals surface area contributed by atoms with Crippen LogP contribution in [0.4, 0.5) is 5.82 Å². The summed E-state index contributed by atoms with van der Waals surface area (Å²) in [5.41, 5.74) is 10.5. The number of anilines is 1. The third-order valence-corrected chi connectivity index (χ3v) is 12.7. The molecule has 338 valence electrons. The number of nitrogens with two attached hydrogens (primary N) is 1. The Bertz CT molecular complexity index is 2550. The third-order valence-electron chi connectivity index (χ3n) is 12.7. The van der Waals surface area contributed by atoms with Crippen molar-refractivity contribution in [1.82, 2.24) is 39.9 Å². The molecule has 6 heterocycles.